The van der Waals surface area contributed by atoms with Gasteiger partial charge in [0.25, 0.3) is 0 Å². The molecule has 3 nitrogen and oxygen atoms in total. The van der Waals surface area contributed by atoms with Crippen molar-refractivity contribution in [3.63, 3.8) is 0 Å². The van der Waals surface area contributed by atoms with Gasteiger partial charge in [0.1, 0.15) is 12.4 Å². The van der Waals surface area contributed by atoms with E-state index in [0.29, 0.717) is 19.1 Å². The van der Waals surface area contributed by atoms with Crippen LogP contribution in [0.3, 0.4) is 0 Å². The second-order valence-electron chi connectivity index (χ2n) is 5.48. The van der Waals surface area contributed by atoms with Crippen molar-refractivity contribution in [2.24, 2.45) is 5.92 Å². The molecule has 0 radical (unpaired) electrons. The molecule has 2 atom stereocenters. The van der Waals surface area contributed by atoms with Gasteiger partial charge < -0.3 is 14.8 Å². The molecule has 0 saturated heterocycles. The minimum atomic E-state index is 0.623. The van der Waals surface area contributed by atoms with Crippen molar-refractivity contribution in [2.45, 2.75) is 32.1 Å². The highest BCUT2D eigenvalue weighted by atomic mass is 16.5. The summed E-state index contributed by atoms with van der Waals surface area (Å²) in [6, 6.07) is 8.51. The quantitative estimate of drug-likeness (QED) is 0.740. The number of hydrogen-bond donors (Lipinski definition) is 1. The molecule has 1 saturated carbocycles. The predicted octanol–water partition coefficient (Wildman–Crippen LogP) is 3.21. The average Bonchev–Trinajstić information content (AvgIpc) is 2.94. The van der Waals surface area contributed by atoms with Crippen LogP contribution in [0.4, 0.5) is 0 Å². The second kappa shape index (κ2) is 8.28. The number of hydrogen-bond acceptors (Lipinski definition) is 3. The van der Waals surface area contributed by atoms with E-state index in [9.17, 15) is 0 Å². The predicted molar refractivity (Wildman–Crippen MR) is 82.4 cm³/mol. The normalized spacial score (nSPS) is 22.1. The first-order valence-electron chi connectivity index (χ1n) is 7.78. The Morgan fingerprint density at radius 1 is 1.20 bits per heavy atom. The third-order valence-electron chi connectivity index (χ3n) is 4.18. The van der Waals surface area contributed by atoms with E-state index in [-0.39, 0.29) is 0 Å². The summed E-state index contributed by atoms with van der Waals surface area (Å²) in [5, 5.41) is 3.50. The van der Waals surface area contributed by atoms with E-state index < -0.39 is 0 Å². The Kier molecular flexibility index (Phi) is 6.34. The lowest BCUT2D eigenvalue weighted by atomic mass is 9.88. The van der Waals surface area contributed by atoms with Crippen LogP contribution in [0.25, 0.3) is 0 Å². The number of rotatable bonds is 8. The Hall–Kier alpha value is -1.06. The van der Waals surface area contributed by atoms with Gasteiger partial charge in [-0.3, -0.25) is 0 Å². The smallest absolute Gasteiger partial charge is 0.122 e. The van der Waals surface area contributed by atoms with Crippen molar-refractivity contribution in [2.75, 3.05) is 33.4 Å². The van der Waals surface area contributed by atoms with Crippen LogP contribution in [0, 0.1) is 5.92 Å². The average molecular weight is 277 g/mol. The van der Waals surface area contributed by atoms with Crippen LogP contribution in [-0.4, -0.2) is 33.4 Å². The topological polar surface area (TPSA) is 30.5 Å². The number of para-hydroxylation sites is 1. The van der Waals surface area contributed by atoms with E-state index in [1.165, 1.54) is 24.8 Å². The summed E-state index contributed by atoms with van der Waals surface area (Å²) in [6.45, 7) is 5.60. The Morgan fingerprint density at radius 3 is 2.85 bits per heavy atom. The van der Waals surface area contributed by atoms with Gasteiger partial charge in [-0.1, -0.05) is 31.5 Å². The molecule has 1 aliphatic rings. The third kappa shape index (κ3) is 3.97. The van der Waals surface area contributed by atoms with Crippen LogP contribution in [0.2, 0.25) is 0 Å². The number of nitrogens with one attached hydrogen (secondary N) is 1. The van der Waals surface area contributed by atoms with Crippen LogP contribution in [0.1, 0.15) is 37.7 Å². The molecule has 0 heterocycles. The lowest BCUT2D eigenvalue weighted by Gasteiger charge is -2.22. The molecule has 2 rings (SSSR count). The van der Waals surface area contributed by atoms with Crippen LogP contribution in [0.15, 0.2) is 24.3 Å². The summed E-state index contributed by atoms with van der Waals surface area (Å²) in [6.07, 6.45) is 3.93. The Morgan fingerprint density at radius 2 is 2.05 bits per heavy atom. The maximum atomic E-state index is 5.90. The van der Waals surface area contributed by atoms with Gasteiger partial charge in [-0.2, -0.15) is 0 Å². The lowest BCUT2D eigenvalue weighted by molar-refractivity contribution is 0.145. The number of benzene rings is 1. The molecular formula is C17H27NO2. The fourth-order valence-corrected chi connectivity index (χ4v) is 3.17. The summed E-state index contributed by atoms with van der Waals surface area (Å²) in [5.41, 5.74) is 1.38. The minimum Gasteiger partial charge on any atom is -0.491 e. The fourth-order valence-electron chi connectivity index (χ4n) is 3.17. The molecule has 1 aliphatic carbocycles. The highest BCUT2D eigenvalue weighted by Gasteiger charge is 2.30. The molecular weight excluding hydrogens is 250 g/mol. The van der Waals surface area contributed by atoms with Crippen molar-refractivity contribution in [3.05, 3.63) is 29.8 Å². The van der Waals surface area contributed by atoms with Crippen molar-refractivity contribution in [1.29, 1.82) is 0 Å². The first-order chi connectivity index (χ1) is 9.86. The molecule has 1 N–H and O–H groups in total. The fraction of sp³-hybridized carbons (Fsp3) is 0.647. The largest absolute Gasteiger partial charge is 0.491 e. The van der Waals surface area contributed by atoms with Crippen molar-refractivity contribution in [3.8, 4) is 5.75 Å². The molecule has 2 unspecified atom stereocenters. The standard InChI is InChI=1S/C17H27NO2/c1-3-18-13-14-7-6-9-15(14)16-8-4-5-10-17(16)20-12-11-19-2/h4-5,8,10,14-15,18H,3,6-7,9,11-13H2,1-2H3. The first-order valence-corrected chi connectivity index (χ1v) is 7.78. The SMILES string of the molecule is CCNCC1CCCC1c1ccccc1OCCOC. The van der Waals surface area contributed by atoms with Crippen molar-refractivity contribution >= 4 is 0 Å². The molecule has 0 spiro atoms. The van der Waals surface area contributed by atoms with Crippen molar-refractivity contribution in [1.82, 2.24) is 5.32 Å². The molecule has 112 valence electrons. The molecule has 1 fully saturated rings. The minimum absolute atomic E-state index is 0.623. The van der Waals surface area contributed by atoms with Gasteiger partial charge in [-0.15, -0.1) is 0 Å². The maximum absolute atomic E-state index is 5.90. The molecule has 1 aromatic rings. The van der Waals surface area contributed by atoms with Crippen molar-refractivity contribution < 1.29 is 9.47 Å². The van der Waals surface area contributed by atoms with Gasteiger partial charge in [0.2, 0.25) is 0 Å². The van der Waals surface area contributed by atoms with Gasteiger partial charge in [0.05, 0.1) is 6.61 Å². The van der Waals surface area contributed by atoms with E-state index in [4.69, 9.17) is 9.47 Å². The maximum Gasteiger partial charge on any atom is 0.122 e. The van der Waals surface area contributed by atoms with Gasteiger partial charge in [-0.25, -0.2) is 0 Å². The van der Waals surface area contributed by atoms with Gasteiger partial charge in [0, 0.05) is 7.11 Å². The monoisotopic (exact) mass is 277 g/mol. The van der Waals surface area contributed by atoms with Crippen LogP contribution in [-0.2, 0) is 4.74 Å². The summed E-state index contributed by atoms with van der Waals surface area (Å²) in [5.74, 6) is 2.41. The molecule has 0 aliphatic heterocycles. The highest BCUT2D eigenvalue weighted by Crippen LogP contribution is 2.42. The summed E-state index contributed by atoms with van der Waals surface area (Å²) < 4.78 is 11.0. The van der Waals surface area contributed by atoms with Gasteiger partial charge >= 0.3 is 0 Å². The van der Waals surface area contributed by atoms with Crippen LogP contribution < -0.4 is 10.1 Å². The number of ether oxygens (including phenoxy) is 2. The zero-order chi connectivity index (χ0) is 14.2. The Bertz CT molecular complexity index is 394. The van der Waals surface area contributed by atoms with E-state index in [1.807, 2.05) is 0 Å². The summed E-state index contributed by atoms with van der Waals surface area (Å²) in [4.78, 5) is 0. The van der Waals surface area contributed by atoms with Gasteiger partial charge in [-0.05, 0) is 49.4 Å². The molecule has 20 heavy (non-hydrogen) atoms. The van der Waals surface area contributed by atoms with E-state index in [1.54, 1.807) is 7.11 Å². The molecule has 3 heteroatoms. The molecule has 0 aromatic heterocycles. The first kappa shape index (κ1) is 15.3. The van der Waals surface area contributed by atoms with Crippen LogP contribution in [0.5, 0.6) is 5.75 Å². The summed E-state index contributed by atoms with van der Waals surface area (Å²) in [7, 11) is 1.71. The Balaban J connectivity index is 2.06. The third-order valence-corrected chi connectivity index (χ3v) is 4.18. The van der Waals surface area contributed by atoms with E-state index in [2.05, 4.69) is 36.5 Å². The van der Waals surface area contributed by atoms with E-state index >= 15 is 0 Å². The molecule has 0 amide bonds. The highest BCUT2D eigenvalue weighted by molar-refractivity contribution is 5.37. The van der Waals surface area contributed by atoms with Gasteiger partial charge in [0.15, 0.2) is 0 Å². The second-order valence-corrected chi connectivity index (χ2v) is 5.48. The van der Waals surface area contributed by atoms with E-state index in [0.717, 1.165) is 24.8 Å². The molecule has 1 aromatic carbocycles. The zero-order valence-electron chi connectivity index (χ0n) is 12.7. The lowest BCUT2D eigenvalue weighted by Crippen LogP contribution is -2.24. The Labute approximate surface area is 122 Å². The number of methoxy groups -OCH3 is 1. The summed E-state index contributed by atoms with van der Waals surface area (Å²) >= 11 is 0. The van der Waals surface area contributed by atoms with Crippen LogP contribution >= 0.6 is 0 Å². The molecule has 0 bridgehead atoms. The zero-order valence-corrected chi connectivity index (χ0v) is 12.7.